The summed E-state index contributed by atoms with van der Waals surface area (Å²) in [6.45, 7) is 0. The Bertz CT molecular complexity index is 745. The second kappa shape index (κ2) is 8.83. The maximum absolute atomic E-state index is 11.9. The minimum Gasteiger partial charge on any atom is -0.495 e. The van der Waals surface area contributed by atoms with Crippen LogP contribution in [0.1, 0.15) is 12.0 Å². The number of anilines is 1. The summed E-state index contributed by atoms with van der Waals surface area (Å²) in [5, 5.41) is 6.45. The summed E-state index contributed by atoms with van der Waals surface area (Å²) >= 11 is 3.33. The average molecular weight is 390 g/mol. The maximum Gasteiger partial charge on any atom is 0.249 e. The molecule has 2 N–H and O–H groups in total. The third-order valence-corrected chi connectivity index (χ3v) is 3.50. The van der Waals surface area contributed by atoms with E-state index >= 15 is 0 Å². The first-order valence-electron chi connectivity index (χ1n) is 7.09. The SMILES string of the molecule is COc1ccccc1NC(=O)CC(=O)NN=Cc1ccc(Br)cc1. The lowest BCUT2D eigenvalue weighted by Crippen LogP contribution is -2.24. The monoisotopic (exact) mass is 389 g/mol. The highest BCUT2D eigenvalue weighted by molar-refractivity contribution is 9.10. The second-order valence-corrected chi connectivity index (χ2v) is 5.69. The van der Waals surface area contributed by atoms with E-state index in [1.54, 1.807) is 24.3 Å². The van der Waals surface area contributed by atoms with E-state index in [-0.39, 0.29) is 6.42 Å². The number of amides is 2. The first kappa shape index (κ1) is 17.7. The Hall–Kier alpha value is -2.67. The van der Waals surface area contributed by atoms with Crippen molar-refractivity contribution in [2.45, 2.75) is 6.42 Å². The zero-order valence-corrected chi connectivity index (χ0v) is 14.5. The second-order valence-electron chi connectivity index (χ2n) is 4.77. The van der Waals surface area contributed by atoms with Crippen molar-refractivity contribution in [3.05, 3.63) is 58.6 Å². The summed E-state index contributed by atoms with van der Waals surface area (Å²) in [4.78, 5) is 23.6. The number of carbonyl (C=O) groups excluding carboxylic acids is 2. The van der Waals surface area contributed by atoms with Crippen LogP contribution in [0, 0.1) is 0 Å². The molecular weight excluding hydrogens is 374 g/mol. The quantitative estimate of drug-likeness (QED) is 0.452. The molecule has 0 aliphatic carbocycles. The summed E-state index contributed by atoms with van der Waals surface area (Å²) < 4.78 is 6.09. The highest BCUT2D eigenvalue weighted by Gasteiger charge is 2.11. The standard InChI is InChI=1S/C17H16BrN3O3/c1-24-15-5-3-2-4-14(15)20-16(22)10-17(23)21-19-11-12-6-8-13(18)9-7-12/h2-9,11H,10H2,1H3,(H,20,22)(H,21,23). The molecule has 2 amide bonds. The van der Waals surface area contributed by atoms with Crippen molar-refractivity contribution < 1.29 is 14.3 Å². The van der Waals surface area contributed by atoms with Crippen LogP contribution < -0.4 is 15.5 Å². The zero-order valence-electron chi connectivity index (χ0n) is 13.0. The molecule has 0 saturated carbocycles. The number of nitrogens with one attached hydrogen (secondary N) is 2. The lowest BCUT2D eigenvalue weighted by Gasteiger charge is -2.09. The number of hydrogen-bond acceptors (Lipinski definition) is 4. The molecule has 6 nitrogen and oxygen atoms in total. The van der Waals surface area contributed by atoms with Gasteiger partial charge in [-0.25, -0.2) is 5.43 Å². The molecule has 2 rings (SSSR count). The van der Waals surface area contributed by atoms with Crippen LogP contribution in [0.3, 0.4) is 0 Å². The number of para-hydroxylation sites is 2. The van der Waals surface area contributed by atoms with Crippen LogP contribution in [0.15, 0.2) is 58.1 Å². The normalized spacial score (nSPS) is 10.4. The van der Waals surface area contributed by atoms with Crippen LogP contribution in [0.25, 0.3) is 0 Å². The van der Waals surface area contributed by atoms with E-state index in [4.69, 9.17) is 4.74 Å². The molecule has 0 fully saturated rings. The fraction of sp³-hybridized carbons (Fsp3) is 0.118. The average Bonchev–Trinajstić information content (AvgIpc) is 2.57. The van der Waals surface area contributed by atoms with E-state index in [0.29, 0.717) is 11.4 Å². The third kappa shape index (κ3) is 5.51. The van der Waals surface area contributed by atoms with E-state index in [2.05, 4.69) is 31.8 Å². The van der Waals surface area contributed by atoms with Gasteiger partial charge >= 0.3 is 0 Å². The first-order valence-corrected chi connectivity index (χ1v) is 7.88. The summed E-state index contributed by atoms with van der Waals surface area (Å²) in [6, 6.07) is 14.4. The third-order valence-electron chi connectivity index (χ3n) is 2.98. The van der Waals surface area contributed by atoms with E-state index in [9.17, 15) is 9.59 Å². The number of halogens is 1. The van der Waals surface area contributed by atoms with Gasteiger partial charge in [-0.2, -0.15) is 5.10 Å². The number of nitrogens with zero attached hydrogens (tertiary/aromatic N) is 1. The van der Waals surface area contributed by atoms with Gasteiger partial charge in [-0.3, -0.25) is 9.59 Å². The van der Waals surface area contributed by atoms with Gasteiger partial charge in [-0.05, 0) is 29.8 Å². The van der Waals surface area contributed by atoms with Crippen LogP contribution in [-0.4, -0.2) is 25.1 Å². The van der Waals surface area contributed by atoms with E-state index in [1.165, 1.54) is 13.3 Å². The Morgan fingerprint density at radius 3 is 2.54 bits per heavy atom. The van der Waals surface area contributed by atoms with Crippen molar-refractivity contribution in [2.24, 2.45) is 5.10 Å². The molecule has 0 aromatic heterocycles. The molecule has 0 aliphatic rings. The summed E-state index contributed by atoms with van der Waals surface area (Å²) in [7, 11) is 1.51. The van der Waals surface area contributed by atoms with Gasteiger partial charge in [0.2, 0.25) is 11.8 Å². The number of methoxy groups -OCH3 is 1. The number of benzene rings is 2. The van der Waals surface area contributed by atoms with E-state index in [0.717, 1.165) is 10.0 Å². The molecular formula is C17H16BrN3O3. The topological polar surface area (TPSA) is 79.8 Å². The van der Waals surface area contributed by atoms with Crippen LogP contribution >= 0.6 is 15.9 Å². The Labute approximate surface area is 148 Å². The number of hydrazone groups is 1. The number of carbonyl (C=O) groups is 2. The van der Waals surface area contributed by atoms with Crippen molar-refractivity contribution >= 4 is 39.6 Å². The lowest BCUT2D eigenvalue weighted by atomic mass is 10.2. The van der Waals surface area contributed by atoms with Crippen LogP contribution in [0.4, 0.5) is 5.69 Å². The number of hydrogen-bond donors (Lipinski definition) is 2. The molecule has 0 saturated heterocycles. The minimum atomic E-state index is -0.504. The smallest absolute Gasteiger partial charge is 0.249 e. The Morgan fingerprint density at radius 2 is 1.83 bits per heavy atom. The molecule has 7 heteroatoms. The number of rotatable bonds is 6. The Morgan fingerprint density at radius 1 is 1.12 bits per heavy atom. The van der Waals surface area contributed by atoms with Gasteiger partial charge in [-0.15, -0.1) is 0 Å². The van der Waals surface area contributed by atoms with Gasteiger partial charge in [0.25, 0.3) is 0 Å². The van der Waals surface area contributed by atoms with Crippen LogP contribution in [-0.2, 0) is 9.59 Å². The van der Waals surface area contributed by atoms with Crippen molar-refractivity contribution in [2.75, 3.05) is 12.4 Å². The molecule has 0 spiro atoms. The maximum atomic E-state index is 11.9. The molecule has 0 bridgehead atoms. The van der Waals surface area contributed by atoms with Crippen molar-refractivity contribution in [3.63, 3.8) is 0 Å². The van der Waals surface area contributed by atoms with Gasteiger partial charge in [0.05, 0.1) is 19.0 Å². The first-order chi connectivity index (χ1) is 11.6. The predicted octanol–water partition coefficient (Wildman–Crippen LogP) is 2.94. The summed E-state index contributed by atoms with van der Waals surface area (Å²) in [5.41, 5.74) is 3.66. The van der Waals surface area contributed by atoms with E-state index < -0.39 is 11.8 Å². The zero-order chi connectivity index (χ0) is 17.4. The molecule has 2 aromatic carbocycles. The largest absolute Gasteiger partial charge is 0.495 e. The van der Waals surface area contributed by atoms with Gasteiger partial charge in [-0.1, -0.05) is 40.2 Å². The molecule has 0 aliphatic heterocycles. The van der Waals surface area contributed by atoms with Crippen molar-refractivity contribution in [1.82, 2.24) is 5.43 Å². The van der Waals surface area contributed by atoms with Crippen molar-refractivity contribution in [1.29, 1.82) is 0 Å². The molecule has 124 valence electrons. The molecule has 0 atom stereocenters. The number of ether oxygens (including phenoxy) is 1. The Kier molecular flexibility index (Phi) is 6.51. The van der Waals surface area contributed by atoms with Crippen LogP contribution in [0.2, 0.25) is 0 Å². The predicted molar refractivity (Wildman–Crippen MR) is 96.1 cm³/mol. The highest BCUT2D eigenvalue weighted by atomic mass is 79.9. The molecule has 0 unspecified atom stereocenters. The van der Waals surface area contributed by atoms with Crippen LogP contribution in [0.5, 0.6) is 5.75 Å². The fourth-order valence-corrected chi connectivity index (χ4v) is 2.12. The van der Waals surface area contributed by atoms with Gasteiger partial charge < -0.3 is 10.1 Å². The van der Waals surface area contributed by atoms with E-state index in [1.807, 2.05) is 24.3 Å². The highest BCUT2D eigenvalue weighted by Crippen LogP contribution is 2.22. The summed E-state index contributed by atoms with van der Waals surface area (Å²) in [6.07, 6.45) is 1.16. The summed E-state index contributed by atoms with van der Waals surface area (Å²) in [5.74, 6) is -0.425. The lowest BCUT2D eigenvalue weighted by molar-refractivity contribution is -0.126. The fourth-order valence-electron chi connectivity index (χ4n) is 1.86. The molecule has 0 heterocycles. The van der Waals surface area contributed by atoms with Gasteiger partial charge in [0, 0.05) is 4.47 Å². The van der Waals surface area contributed by atoms with Gasteiger partial charge in [0.15, 0.2) is 0 Å². The Balaban J connectivity index is 1.83. The minimum absolute atomic E-state index is 0.338. The van der Waals surface area contributed by atoms with Crippen molar-refractivity contribution in [3.8, 4) is 5.75 Å². The van der Waals surface area contributed by atoms with Gasteiger partial charge in [0.1, 0.15) is 12.2 Å². The molecule has 0 radical (unpaired) electrons. The molecule has 2 aromatic rings. The molecule has 24 heavy (non-hydrogen) atoms.